The number of hydrogen-bond donors (Lipinski definition) is 1. The van der Waals surface area contributed by atoms with Crippen molar-refractivity contribution in [2.45, 2.75) is 19.8 Å². The average molecular weight is 246 g/mol. The van der Waals surface area contributed by atoms with Gasteiger partial charge in [0.1, 0.15) is 11.9 Å². The maximum Gasteiger partial charge on any atom is 0.311 e. The van der Waals surface area contributed by atoms with Gasteiger partial charge in [-0.1, -0.05) is 0 Å². The van der Waals surface area contributed by atoms with Crippen LogP contribution in [0, 0.1) is 16.7 Å². The molecule has 94 valence electrons. The minimum Gasteiger partial charge on any atom is -0.481 e. The molecule has 6 nitrogen and oxygen atoms in total. The first-order chi connectivity index (χ1) is 8.55. The quantitative estimate of drug-likeness (QED) is 0.838. The van der Waals surface area contributed by atoms with Crippen LogP contribution in [0.25, 0.3) is 0 Å². The van der Waals surface area contributed by atoms with Crippen LogP contribution in [0.5, 0.6) is 0 Å². The molecule has 0 amide bonds. The molecule has 0 radical (unpaired) electrons. The SMILES string of the molecule is CC1(C(=O)O)CCCN(c2cnc(C#N)cn2)C1. The second-order valence-electron chi connectivity index (χ2n) is 4.76. The van der Waals surface area contributed by atoms with E-state index in [4.69, 9.17) is 5.26 Å². The summed E-state index contributed by atoms with van der Waals surface area (Å²) in [6.07, 6.45) is 4.40. The smallest absolute Gasteiger partial charge is 0.311 e. The van der Waals surface area contributed by atoms with Gasteiger partial charge in [0.2, 0.25) is 0 Å². The second kappa shape index (κ2) is 4.61. The van der Waals surface area contributed by atoms with Gasteiger partial charge in [-0.15, -0.1) is 0 Å². The Kier molecular flexibility index (Phi) is 3.15. The number of piperidine rings is 1. The van der Waals surface area contributed by atoms with Gasteiger partial charge in [0.25, 0.3) is 0 Å². The van der Waals surface area contributed by atoms with E-state index in [1.807, 2.05) is 11.0 Å². The number of rotatable bonds is 2. The molecule has 2 rings (SSSR count). The molecule has 1 aliphatic heterocycles. The summed E-state index contributed by atoms with van der Waals surface area (Å²) in [6, 6.07) is 1.91. The topological polar surface area (TPSA) is 90.1 Å². The third kappa shape index (κ3) is 2.25. The molecule has 0 bridgehead atoms. The number of nitrogens with zero attached hydrogens (tertiary/aromatic N) is 4. The first kappa shape index (κ1) is 12.3. The molecule has 2 heterocycles. The third-order valence-corrected chi connectivity index (χ3v) is 3.29. The zero-order valence-electron chi connectivity index (χ0n) is 10.1. The van der Waals surface area contributed by atoms with Crippen molar-refractivity contribution in [3.05, 3.63) is 18.1 Å². The van der Waals surface area contributed by atoms with Crippen molar-refractivity contribution >= 4 is 11.8 Å². The van der Waals surface area contributed by atoms with Crippen LogP contribution in [0.3, 0.4) is 0 Å². The van der Waals surface area contributed by atoms with E-state index in [0.717, 1.165) is 13.0 Å². The van der Waals surface area contributed by atoms with Crippen LogP contribution in [-0.4, -0.2) is 34.1 Å². The lowest BCUT2D eigenvalue weighted by Gasteiger charge is -2.37. The van der Waals surface area contributed by atoms with Crippen LogP contribution in [0.2, 0.25) is 0 Å². The fraction of sp³-hybridized carbons (Fsp3) is 0.500. The van der Waals surface area contributed by atoms with Crippen molar-refractivity contribution in [1.29, 1.82) is 5.26 Å². The Balaban J connectivity index is 2.18. The highest BCUT2D eigenvalue weighted by atomic mass is 16.4. The third-order valence-electron chi connectivity index (χ3n) is 3.29. The lowest BCUT2D eigenvalue weighted by molar-refractivity contribution is -0.148. The van der Waals surface area contributed by atoms with Gasteiger partial charge in [-0.05, 0) is 19.8 Å². The van der Waals surface area contributed by atoms with Gasteiger partial charge in [0.05, 0.1) is 17.8 Å². The Bertz CT molecular complexity index is 494. The molecule has 0 spiro atoms. The first-order valence-corrected chi connectivity index (χ1v) is 5.76. The van der Waals surface area contributed by atoms with Gasteiger partial charge in [-0.25, -0.2) is 9.97 Å². The highest BCUT2D eigenvalue weighted by Crippen LogP contribution is 2.31. The lowest BCUT2D eigenvalue weighted by atomic mass is 9.82. The molecular formula is C12H14N4O2. The minimum absolute atomic E-state index is 0.261. The van der Waals surface area contributed by atoms with E-state index in [2.05, 4.69) is 9.97 Å². The van der Waals surface area contributed by atoms with E-state index < -0.39 is 11.4 Å². The van der Waals surface area contributed by atoms with E-state index in [9.17, 15) is 9.90 Å². The van der Waals surface area contributed by atoms with E-state index in [0.29, 0.717) is 18.8 Å². The van der Waals surface area contributed by atoms with Gasteiger partial charge in [0, 0.05) is 13.1 Å². The predicted molar refractivity (Wildman–Crippen MR) is 63.9 cm³/mol. The summed E-state index contributed by atoms with van der Waals surface area (Å²) in [5.41, 5.74) is -0.481. The van der Waals surface area contributed by atoms with Crippen LogP contribution < -0.4 is 4.90 Å². The van der Waals surface area contributed by atoms with Crippen molar-refractivity contribution in [3.8, 4) is 6.07 Å². The molecule has 1 aromatic rings. The number of hydrogen-bond acceptors (Lipinski definition) is 5. The minimum atomic E-state index is -0.784. The van der Waals surface area contributed by atoms with Gasteiger partial charge < -0.3 is 10.0 Å². The van der Waals surface area contributed by atoms with E-state index in [1.165, 1.54) is 12.4 Å². The number of carbonyl (C=O) groups is 1. The molecule has 18 heavy (non-hydrogen) atoms. The Morgan fingerprint density at radius 3 is 2.89 bits per heavy atom. The number of aliphatic carboxylic acids is 1. The second-order valence-corrected chi connectivity index (χ2v) is 4.76. The van der Waals surface area contributed by atoms with Crippen LogP contribution in [-0.2, 0) is 4.79 Å². The van der Waals surface area contributed by atoms with Crippen LogP contribution in [0.4, 0.5) is 5.82 Å². The van der Waals surface area contributed by atoms with E-state index in [-0.39, 0.29) is 5.69 Å². The normalized spacial score (nSPS) is 23.4. The molecule has 1 saturated heterocycles. The number of carboxylic acids is 1. The molecule has 0 aliphatic carbocycles. The maximum absolute atomic E-state index is 11.2. The van der Waals surface area contributed by atoms with Gasteiger partial charge in [0.15, 0.2) is 5.69 Å². The number of carboxylic acid groups (broad SMARTS) is 1. The fourth-order valence-electron chi connectivity index (χ4n) is 2.15. The van der Waals surface area contributed by atoms with Crippen molar-refractivity contribution in [1.82, 2.24) is 9.97 Å². The molecule has 0 aromatic carbocycles. The summed E-state index contributed by atoms with van der Waals surface area (Å²) in [7, 11) is 0. The molecule has 1 atom stereocenters. The number of anilines is 1. The molecule has 1 N–H and O–H groups in total. The van der Waals surface area contributed by atoms with Crippen molar-refractivity contribution in [3.63, 3.8) is 0 Å². The molecule has 0 saturated carbocycles. The zero-order valence-corrected chi connectivity index (χ0v) is 10.1. The van der Waals surface area contributed by atoms with Gasteiger partial charge >= 0.3 is 5.97 Å². The lowest BCUT2D eigenvalue weighted by Crippen LogP contribution is -2.46. The summed E-state index contributed by atoms with van der Waals surface area (Å²) < 4.78 is 0. The Labute approximate surface area is 105 Å². The van der Waals surface area contributed by atoms with Crippen LogP contribution in [0.15, 0.2) is 12.4 Å². The molecule has 6 heteroatoms. The molecule has 1 aromatic heterocycles. The molecule has 1 unspecified atom stereocenters. The van der Waals surface area contributed by atoms with E-state index >= 15 is 0 Å². The Morgan fingerprint density at radius 1 is 1.56 bits per heavy atom. The van der Waals surface area contributed by atoms with Crippen molar-refractivity contribution < 1.29 is 9.90 Å². The predicted octanol–water partition coefficient (Wildman–Crippen LogP) is 1.04. The summed E-state index contributed by atoms with van der Waals surface area (Å²) in [5, 5.41) is 17.9. The summed E-state index contributed by atoms with van der Waals surface area (Å²) in [4.78, 5) is 21.3. The highest BCUT2D eigenvalue weighted by molar-refractivity contribution is 5.75. The molecular weight excluding hydrogens is 232 g/mol. The molecule has 1 fully saturated rings. The van der Waals surface area contributed by atoms with Crippen molar-refractivity contribution in [2.75, 3.05) is 18.0 Å². The summed E-state index contributed by atoms with van der Waals surface area (Å²) in [5.74, 6) is -0.157. The number of aromatic nitrogens is 2. The average Bonchev–Trinajstić information content (AvgIpc) is 2.39. The standard InChI is InChI=1S/C12H14N4O2/c1-12(11(17)18)3-2-4-16(8-12)10-7-14-9(5-13)6-15-10/h6-7H,2-4,8H2,1H3,(H,17,18). The fourth-order valence-corrected chi connectivity index (χ4v) is 2.15. The number of nitriles is 1. The van der Waals surface area contributed by atoms with Gasteiger partial charge in [-0.3, -0.25) is 4.79 Å². The van der Waals surface area contributed by atoms with E-state index in [1.54, 1.807) is 6.92 Å². The largest absolute Gasteiger partial charge is 0.481 e. The highest BCUT2D eigenvalue weighted by Gasteiger charge is 2.38. The Morgan fingerprint density at radius 2 is 2.33 bits per heavy atom. The summed E-state index contributed by atoms with van der Waals surface area (Å²) >= 11 is 0. The zero-order chi connectivity index (χ0) is 13.2. The Hall–Kier alpha value is -2.16. The monoisotopic (exact) mass is 246 g/mol. The van der Waals surface area contributed by atoms with Crippen LogP contribution >= 0.6 is 0 Å². The van der Waals surface area contributed by atoms with Crippen LogP contribution in [0.1, 0.15) is 25.5 Å². The summed E-state index contributed by atoms with van der Waals surface area (Å²) in [6.45, 7) is 2.94. The maximum atomic E-state index is 11.2. The molecule has 1 aliphatic rings. The van der Waals surface area contributed by atoms with Crippen molar-refractivity contribution in [2.24, 2.45) is 5.41 Å². The first-order valence-electron chi connectivity index (χ1n) is 5.76. The van der Waals surface area contributed by atoms with Gasteiger partial charge in [-0.2, -0.15) is 5.26 Å².